The van der Waals surface area contributed by atoms with Gasteiger partial charge < -0.3 is 21.1 Å². The van der Waals surface area contributed by atoms with Gasteiger partial charge in [-0.05, 0) is 0 Å². The van der Waals surface area contributed by atoms with Gasteiger partial charge in [0.2, 0.25) is 0 Å². The Bertz CT molecular complexity index is 63.3. The van der Waals surface area contributed by atoms with Crippen molar-refractivity contribution in [3.05, 3.63) is 0 Å². The van der Waals surface area contributed by atoms with Crippen molar-refractivity contribution in [2.75, 3.05) is 19.8 Å². The molecule has 0 fully saturated rings. The SMILES string of the molecule is Cl.Cl.Cl.NC(CO)(CO)CO. The molecule has 0 aromatic carbocycles. The normalized spacial score (nSPS) is 8.73. The first kappa shape index (κ1) is 22.6. The Morgan fingerprint density at radius 3 is 1.00 bits per heavy atom. The van der Waals surface area contributed by atoms with Gasteiger partial charge in [-0.1, -0.05) is 0 Å². The molecule has 0 atom stereocenters. The van der Waals surface area contributed by atoms with Crippen molar-refractivity contribution in [3.63, 3.8) is 0 Å². The quantitative estimate of drug-likeness (QED) is 0.497. The zero-order chi connectivity index (χ0) is 6.62. The van der Waals surface area contributed by atoms with Gasteiger partial charge in [-0.3, -0.25) is 0 Å². The second-order valence-electron chi connectivity index (χ2n) is 1.84. The number of hydrogen-bond acceptors (Lipinski definition) is 4. The smallest absolute Gasteiger partial charge is 0.0856 e. The van der Waals surface area contributed by atoms with Gasteiger partial charge in [-0.15, -0.1) is 37.2 Å². The summed E-state index contributed by atoms with van der Waals surface area (Å²) in [7, 11) is 0. The van der Waals surface area contributed by atoms with E-state index in [1.165, 1.54) is 0 Å². The molecule has 0 spiro atoms. The molecular formula is C4H14Cl3NO3. The summed E-state index contributed by atoms with van der Waals surface area (Å²) in [6, 6.07) is 0. The molecule has 0 saturated carbocycles. The van der Waals surface area contributed by atoms with Crippen LogP contribution in [0.3, 0.4) is 0 Å². The lowest BCUT2D eigenvalue weighted by molar-refractivity contribution is 0.0698. The average molecular weight is 231 g/mol. The molecule has 5 N–H and O–H groups in total. The van der Waals surface area contributed by atoms with E-state index in [1.54, 1.807) is 0 Å². The maximum Gasteiger partial charge on any atom is 0.0856 e. The summed E-state index contributed by atoms with van der Waals surface area (Å²) in [6.45, 7) is -1.21. The molecular weight excluding hydrogens is 216 g/mol. The van der Waals surface area contributed by atoms with Crippen molar-refractivity contribution < 1.29 is 15.3 Å². The van der Waals surface area contributed by atoms with Crippen molar-refractivity contribution in [1.82, 2.24) is 0 Å². The van der Waals surface area contributed by atoms with Gasteiger partial charge in [-0.25, -0.2) is 0 Å². The monoisotopic (exact) mass is 229 g/mol. The molecule has 0 aliphatic carbocycles. The Hall–Kier alpha value is 0.710. The van der Waals surface area contributed by atoms with E-state index >= 15 is 0 Å². The molecule has 0 aliphatic rings. The van der Waals surface area contributed by atoms with Crippen LogP contribution < -0.4 is 5.73 Å². The minimum atomic E-state index is -1.21. The molecule has 11 heavy (non-hydrogen) atoms. The second kappa shape index (κ2) is 10.7. The van der Waals surface area contributed by atoms with E-state index in [-0.39, 0.29) is 37.2 Å². The fourth-order valence-electron chi connectivity index (χ4n) is 0.150. The van der Waals surface area contributed by atoms with Crippen molar-refractivity contribution in [1.29, 1.82) is 0 Å². The van der Waals surface area contributed by atoms with Gasteiger partial charge in [-0.2, -0.15) is 0 Å². The molecule has 74 valence electrons. The molecule has 0 bridgehead atoms. The van der Waals surface area contributed by atoms with E-state index in [2.05, 4.69) is 0 Å². The first-order valence-electron chi connectivity index (χ1n) is 2.30. The summed E-state index contributed by atoms with van der Waals surface area (Å²) in [5, 5.41) is 25.0. The van der Waals surface area contributed by atoms with Crippen molar-refractivity contribution in [3.8, 4) is 0 Å². The zero-order valence-electron chi connectivity index (χ0n) is 5.77. The standard InChI is InChI=1S/C4H11NO3.3ClH/c5-4(1-6,2-7)3-8;;;/h6-8H,1-3,5H2;3*1H. The summed E-state index contributed by atoms with van der Waals surface area (Å²) in [5.74, 6) is 0. The number of hydrogen-bond donors (Lipinski definition) is 4. The maximum atomic E-state index is 8.34. The lowest BCUT2D eigenvalue weighted by Crippen LogP contribution is -2.50. The Kier molecular flexibility index (Phi) is 22.0. The summed E-state index contributed by atoms with van der Waals surface area (Å²) in [5.41, 5.74) is 3.94. The van der Waals surface area contributed by atoms with Crippen LogP contribution >= 0.6 is 37.2 Å². The first-order chi connectivity index (χ1) is 3.68. The molecule has 0 heterocycles. The van der Waals surface area contributed by atoms with Crippen LogP contribution in [0.2, 0.25) is 0 Å². The molecule has 0 amide bonds. The summed E-state index contributed by atoms with van der Waals surface area (Å²) >= 11 is 0. The number of aliphatic hydroxyl groups is 3. The fraction of sp³-hybridized carbons (Fsp3) is 1.00. The molecule has 4 nitrogen and oxygen atoms in total. The van der Waals surface area contributed by atoms with Crippen LogP contribution in [0.5, 0.6) is 0 Å². The van der Waals surface area contributed by atoms with Gasteiger partial charge in [0.25, 0.3) is 0 Å². The maximum absolute atomic E-state index is 8.34. The Morgan fingerprint density at radius 2 is 1.00 bits per heavy atom. The van der Waals surface area contributed by atoms with E-state index < -0.39 is 25.4 Å². The third-order valence-electron chi connectivity index (χ3n) is 0.945. The van der Waals surface area contributed by atoms with Gasteiger partial charge in [0.15, 0.2) is 0 Å². The highest BCUT2D eigenvalue weighted by molar-refractivity contribution is 5.86. The largest absolute Gasteiger partial charge is 0.394 e. The highest BCUT2D eigenvalue weighted by Gasteiger charge is 2.20. The zero-order valence-corrected chi connectivity index (χ0v) is 8.21. The average Bonchev–Trinajstić information content (AvgIpc) is 1.87. The van der Waals surface area contributed by atoms with Gasteiger partial charge in [0.1, 0.15) is 0 Å². The predicted octanol–water partition coefficient (Wildman–Crippen LogP) is -1.07. The van der Waals surface area contributed by atoms with Crippen LogP contribution in [-0.2, 0) is 0 Å². The van der Waals surface area contributed by atoms with Gasteiger partial charge in [0.05, 0.1) is 25.4 Å². The minimum Gasteiger partial charge on any atom is -0.394 e. The number of aliphatic hydroxyl groups excluding tert-OH is 3. The molecule has 7 heteroatoms. The molecule has 0 radical (unpaired) electrons. The Morgan fingerprint density at radius 1 is 0.818 bits per heavy atom. The van der Waals surface area contributed by atoms with Crippen LogP contribution in [0.15, 0.2) is 0 Å². The van der Waals surface area contributed by atoms with Crippen molar-refractivity contribution in [2.24, 2.45) is 5.73 Å². The van der Waals surface area contributed by atoms with Crippen LogP contribution in [0, 0.1) is 0 Å². The lowest BCUT2D eigenvalue weighted by atomic mass is 10.1. The number of halogens is 3. The summed E-state index contributed by atoms with van der Waals surface area (Å²) in [6.07, 6.45) is 0. The molecule has 0 aliphatic heterocycles. The third-order valence-corrected chi connectivity index (χ3v) is 0.945. The highest BCUT2D eigenvalue weighted by Crippen LogP contribution is 1.93. The second-order valence-corrected chi connectivity index (χ2v) is 1.84. The summed E-state index contributed by atoms with van der Waals surface area (Å²) in [4.78, 5) is 0. The minimum absolute atomic E-state index is 0. The van der Waals surface area contributed by atoms with Crippen LogP contribution in [-0.4, -0.2) is 40.7 Å². The van der Waals surface area contributed by atoms with Gasteiger partial charge in [0, 0.05) is 0 Å². The number of nitrogens with two attached hydrogens (primary N) is 1. The Labute approximate surface area is 84.0 Å². The highest BCUT2D eigenvalue weighted by atomic mass is 35.5. The fourth-order valence-corrected chi connectivity index (χ4v) is 0.150. The topological polar surface area (TPSA) is 86.7 Å². The van der Waals surface area contributed by atoms with E-state index in [0.29, 0.717) is 0 Å². The molecule has 0 rings (SSSR count). The van der Waals surface area contributed by atoms with E-state index in [4.69, 9.17) is 21.1 Å². The molecule has 0 saturated heterocycles. The van der Waals surface area contributed by atoms with Crippen LogP contribution in [0.1, 0.15) is 0 Å². The molecule has 0 aromatic rings. The third kappa shape index (κ3) is 8.62. The first-order valence-corrected chi connectivity index (χ1v) is 2.30. The van der Waals surface area contributed by atoms with E-state index in [0.717, 1.165) is 0 Å². The van der Waals surface area contributed by atoms with Crippen LogP contribution in [0.25, 0.3) is 0 Å². The summed E-state index contributed by atoms with van der Waals surface area (Å²) < 4.78 is 0. The molecule has 0 aromatic heterocycles. The Balaban J connectivity index is -0.0000000817. The molecule has 0 unspecified atom stereocenters. The van der Waals surface area contributed by atoms with Crippen LogP contribution in [0.4, 0.5) is 0 Å². The predicted molar refractivity (Wildman–Crippen MR) is 49.9 cm³/mol. The number of rotatable bonds is 3. The van der Waals surface area contributed by atoms with Crippen molar-refractivity contribution in [2.45, 2.75) is 5.54 Å². The van der Waals surface area contributed by atoms with Gasteiger partial charge >= 0.3 is 0 Å². The van der Waals surface area contributed by atoms with E-state index in [9.17, 15) is 0 Å². The lowest BCUT2D eigenvalue weighted by Gasteiger charge is -2.20. The van der Waals surface area contributed by atoms with Crippen molar-refractivity contribution >= 4 is 37.2 Å². The van der Waals surface area contributed by atoms with E-state index in [1.807, 2.05) is 0 Å².